The van der Waals surface area contributed by atoms with Crippen LogP contribution in [0.4, 0.5) is 0 Å². The van der Waals surface area contributed by atoms with E-state index in [0.717, 1.165) is 11.5 Å². The molecule has 0 N–H and O–H groups in total. The fourth-order valence-electron chi connectivity index (χ4n) is 2.19. The van der Waals surface area contributed by atoms with Crippen molar-refractivity contribution >= 4 is 11.9 Å². The maximum Gasteiger partial charge on any atom is 0.321 e. The van der Waals surface area contributed by atoms with Crippen LogP contribution in [-0.4, -0.2) is 37.5 Å². The van der Waals surface area contributed by atoms with Gasteiger partial charge in [0, 0.05) is 20.0 Å². The average molecular weight is 265 g/mol. The number of amides is 1. The number of rotatable bonds is 5. The van der Waals surface area contributed by atoms with Crippen LogP contribution in [0, 0.1) is 12.3 Å². The van der Waals surface area contributed by atoms with Crippen molar-refractivity contribution in [2.45, 2.75) is 26.2 Å². The van der Waals surface area contributed by atoms with Crippen LogP contribution >= 0.6 is 0 Å². The number of aryl methyl sites for hydroxylation is 1. The van der Waals surface area contributed by atoms with Crippen LogP contribution in [0.25, 0.3) is 0 Å². The lowest BCUT2D eigenvalue weighted by molar-refractivity contribution is -0.155. The van der Waals surface area contributed by atoms with Gasteiger partial charge in [-0.3, -0.25) is 9.59 Å². The van der Waals surface area contributed by atoms with Crippen LogP contribution < -0.4 is 0 Å². The van der Waals surface area contributed by atoms with Crippen LogP contribution in [0.15, 0.2) is 16.5 Å². The zero-order valence-corrected chi connectivity index (χ0v) is 11.6. The molecule has 1 heterocycles. The van der Waals surface area contributed by atoms with Crippen molar-refractivity contribution in [1.82, 2.24) is 4.90 Å². The number of nitrogens with zero attached hydrogens (tertiary/aromatic N) is 1. The van der Waals surface area contributed by atoms with Crippen molar-refractivity contribution in [2.24, 2.45) is 5.41 Å². The first-order valence-electron chi connectivity index (χ1n) is 6.39. The summed E-state index contributed by atoms with van der Waals surface area (Å²) in [5, 5.41) is 0. The van der Waals surface area contributed by atoms with Gasteiger partial charge in [0.2, 0.25) is 5.91 Å². The summed E-state index contributed by atoms with van der Waals surface area (Å²) in [7, 11) is 3.03. The maximum absolute atomic E-state index is 12.2. The Bertz CT molecular complexity index is 487. The summed E-state index contributed by atoms with van der Waals surface area (Å²) >= 11 is 0. The molecule has 104 valence electrons. The standard InChI is InChI=1S/C14H19NO4/c1-10-4-5-11(19-10)6-9-15(2)12(16)14(7-8-14)13(17)18-3/h4-5H,6-9H2,1-3H3. The van der Waals surface area contributed by atoms with E-state index >= 15 is 0 Å². The van der Waals surface area contributed by atoms with Gasteiger partial charge >= 0.3 is 5.97 Å². The largest absolute Gasteiger partial charge is 0.468 e. The number of methoxy groups -OCH3 is 1. The predicted octanol–water partition coefficient (Wildman–Crippen LogP) is 1.54. The number of carbonyl (C=O) groups is 2. The molecule has 0 unspecified atom stereocenters. The van der Waals surface area contributed by atoms with Gasteiger partial charge in [0.1, 0.15) is 16.9 Å². The van der Waals surface area contributed by atoms with E-state index in [0.29, 0.717) is 25.8 Å². The lowest BCUT2D eigenvalue weighted by Gasteiger charge is -2.21. The Morgan fingerprint density at radius 2 is 2.11 bits per heavy atom. The molecule has 0 radical (unpaired) electrons. The van der Waals surface area contributed by atoms with Crippen molar-refractivity contribution in [1.29, 1.82) is 0 Å². The molecule has 2 rings (SSSR count). The van der Waals surface area contributed by atoms with E-state index in [1.54, 1.807) is 11.9 Å². The Morgan fingerprint density at radius 1 is 1.42 bits per heavy atom. The number of furan rings is 1. The fourth-order valence-corrected chi connectivity index (χ4v) is 2.19. The minimum atomic E-state index is -0.914. The maximum atomic E-state index is 12.2. The van der Waals surface area contributed by atoms with Crippen molar-refractivity contribution < 1.29 is 18.7 Å². The SMILES string of the molecule is COC(=O)C1(C(=O)N(C)CCc2ccc(C)o2)CC1. The van der Waals surface area contributed by atoms with Gasteiger partial charge in [0.25, 0.3) is 0 Å². The Kier molecular flexibility index (Phi) is 3.64. The minimum Gasteiger partial charge on any atom is -0.468 e. The molecule has 1 saturated carbocycles. The smallest absolute Gasteiger partial charge is 0.321 e. The van der Waals surface area contributed by atoms with Crippen LogP contribution in [0.2, 0.25) is 0 Å². The third kappa shape index (κ3) is 2.64. The van der Waals surface area contributed by atoms with Gasteiger partial charge in [-0.1, -0.05) is 0 Å². The first-order valence-corrected chi connectivity index (χ1v) is 6.39. The molecule has 0 bridgehead atoms. The number of carbonyl (C=O) groups excluding carboxylic acids is 2. The highest BCUT2D eigenvalue weighted by molar-refractivity contribution is 6.05. The van der Waals surface area contributed by atoms with E-state index in [1.165, 1.54) is 7.11 Å². The van der Waals surface area contributed by atoms with Crippen LogP contribution in [0.1, 0.15) is 24.4 Å². The summed E-state index contributed by atoms with van der Waals surface area (Å²) in [5.41, 5.74) is -0.914. The van der Waals surface area contributed by atoms with Gasteiger partial charge in [-0.15, -0.1) is 0 Å². The highest BCUT2D eigenvalue weighted by Crippen LogP contribution is 2.48. The van der Waals surface area contributed by atoms with Crippen molar-refractivity contribution in [2.75, 3.05) is 20.7 Å². The van der Waals surface area contributed by atoms with Gasteiger partial charge in [0.05, 0.1) is 7.11 Å². The molecule has 1 aliphatic rings. The fraction of sp³-hybridized carbons (Fsp3) is 0.571. The Labute approximate surface area is 112 Å². The quantitative estimate of drug-likeness (QED) is 0.598. The van der Waals surface area contributed by atoms with E-state index < -0.39 is 11.4 Å². The Balaban J connectivity index is 1.91. The third-order valence-corrected chi connectivity index (χ3v) is 3.57. The molecular formula is C14H19NO4. The lowest BCUT2D eigenvalue weighted by Crippen LogP contribution is -2.40. The summed E-state index contributed by atoms with van der Waals surface area (Å²) in [4.78, 5) is 25.5. The van der Waals surface area contributed by atoms with Gasteiger partial charge in [-0.2, -0.15) is 0 Å². The van der Waals surface area contributed by atoms with Crippen molar-refractivity contribution in [3.8, 4) is 0 Å². The molecule has 1 amide bonds. The van der Waals surface area contributed by atoms with Crippen molar-refractivity contribution in [3.63, 3.8) is 0 Å². The second-order valence-electron chi connectivity index (χ2n) is 5.06. The number of esters is 1. The zero-order chi connectivity index (χ0) is 14.0. The first-order chi connectivity index (χ1) is 8.99. The predicted molar refractivity (Wildman–Crippen MR) is 68.5 cm³/mol. The second-order valence-corrected chi connectivity index (χ2v) is 5.06. The summed E-state index contributed by atoms with van der Waals surface area (Å²) < 4.78 is 10.2. The second kappa shape index (κ2) is 5.07. The molecule has 1 aromatic rings. The third-order valence-electron chi connectivity index (χ3n) is 3.57. The van der Waals surface area contributed by atoms with Gasteiger partial charge in [-0.05, 0) is 31.9 Å². The van der Waals surface area contributed by atoms with E-state index in [4.69, 9.17) is 9.15 Å². The van der Waals surface area contributed by atoms with Crippen molar-refractivity contribution in [3.05, 3.63) is 23.7 Å². The minimum absolute atomic E-state index is 0.150. The summed E-state index contributed by atoms with van der Waals surface area (Å²) in [5.74, 6) is 1.14. The monoisotopic (exact) mass is 265 g/mol. The molecule has 0 spiro atoms. The summed E-state index contributed by atoms with van der Waals surface area (Å²) in [6.07, 6.45) is 1.82. The molecule has 19 heavy (non-hydrogen) atoms. The molecule has 0 saturated heterocycles. The average Bonchev–Trinajstić information content (AvgIpc) is 3.12. The Morgan fingerprint density at radius 3 is 2.58 bits per heavy atom. The molecule has 0 aliphatic heterocycles. The van der Waals surface area contributed by atoms with Crippen LogP contribution in [0.3, 0.4) is 0 Å². The molecular weight excluding hydrogens is 246 g/mol. The van der Waals surface area contributed by atoms with Gasteiger partial charge in [-0.25, -0.2) is 0 Å². The lowest BCUT2D eigenvalue weighted by atomic mass is 10.1. The number of hydrogen-bond acceptors (Lipinski definition) is 4. The van der Waals surface area contributed by atoms with Gasteiger partial charge in [0.15, 0.2) is 0 Å². The summed E-state index contributed by atoms with van der Waals surface area (Å²) in [6, 6.07) is 3.80. The molecule has 5 heteroatoms. The molecule has 1 aliphatic carbocycles. The van der Waals surface area contributed by atoms with E-state index in [1.807, 2.05) is 19.1 Å². The highest BCUT2D eigenvalue weighted by atomic mass is 16.5. The van der Waals surface area contributed by atoms with E-state index in [-0.39, 0.29) is 5.91 Å². The van der Waals surface area contributed by atoms with E-state index in [9.17, 15) is 9.59 Å². The van der Waals surface area contributed by atoms with Crippen LogP contribution in [0.5, 0.6) is 0 Å². The van der Waals surface area contributed by atoms with E-state index in [2.05, 4.69) is 0 Å². The molecule has 1 aromatic heterocycles. The number of hydrogen-bond donors (Lipinski definition) is 0. The van der Waals surface area contributed by atoms with Gasteiger partial charge < -0.3 is 14.1 Å². The summed E-state index contributed by atoms with van der Waals surface area (Å²) in [6.45, 7) is 2.42. The number of ether oxygens (including phenoxy) is 1. The highest BCUT2D eigenvalue weighted by Gasteiger charge is 2.58. The zero-order valence-electron chi connectivity index (χ0n) is 11.6. The number of likely N-dealkylation sites (N-methyl/N-ethyl adjacent to an activating group) is 1. The Hall–Kier alpha value is -1.78. The molecule has 0 atom stereocenters. The molecule has 1 fully saturated rings. The molecule has 5 nitrogen and oxygen atoms in total. The molecule has 0 aromatic carbocycles. The first kappa shape index (κ1) is 13.6. The topological polar surface area (TPSA) is 59.8 Å². The normalized spacial score (nSPS) is 15.9. The van der Waals surface area contributed by atoms with Crippen LogP contribution in [-0.2, 0) is 20.7 Å².